The van der Waals surface area contributed by atoms with Gasteiger partial charge < -0.3 is 25.4 Å². The molecule has 0 aliphatic heterocycles. The first kappa shape index (κ1) is 21.1. The molecule has 3 rings (SSSR count). The van der Waals surface area contributed by atoms with Gasteiger partial charge in [0.05, 0.1) is 6.54 Å². The lowest BCUT2D eigenvalue weighted by Gasteiger charge is -2.19. The highest BCUT2D eigenvalue weighted by Gasteiger charge is 2.21. The van der Waals surface area contributed by atoms with Crippen LogP contribution in [-0.4, -0.2) is 42.5 Å². The normalized spacial score (nSPS) is 11.7. The first-order valence-electron chi connectivity index (χ1n) is 9.51. The summed E-state index contributed by atoms with van der Waals surface area (Å²) in [5.41, 5.74) is 2.23. The molecule has 0 radical (unpaired) electrons. The lowest BCUT2D eigenvalue weighted by molar-refractivity contribution is -0.117. The fourth-order valence-corrected chi connectivity index (χ4v) is 2.87. The second-order valence-electron chi connectivity index (χ2n) is 7.16. The summed E-state index contributed by atoms with van der Waals surface area (Å²) in [5.74, 6) is 0.614. The van der Waals surface area contributed by atoms with Crippen molar-refractivity contribution < 1.29 is 14.1 Å². The van der Waals surface area contributed by atoms with Gasteiger partial charge in [-0.15, -0.1) is 0 Å². The van der Waals surface area contributed by atoms with Crippen molar-refractivity contribution in [2.75, 3.05) is 36.6 Å². The van der Waals surface area contributed by atoms with Crippen LogP contribution in [0, 0.1) is 6.92 Å². The van der Waals surface area contributed by atoms with E-state index < -0.39 is 6.04 Å². The number of aromatic nitrogens is 1. The predicted octanol–water partition coefficient (Wildman–Crippen LogP) is 3.28. The van der Waals surface area contributed by atoms with E-state index in [9.17, 15) is 9.59 Å². The number of anilines is 3. The Labute approximate surface area is 175 Å². The lowest BCUT2D eigenvalue weighted by Crippen LogP contribution is -2.27. The van der Waals surface area contributed by atoms with Crippen molar-refractivity contribution in [3.05, 3.63) is 72.0 Å². The van der Waals surface area contributed by atoms with Crippen LogP contribution in [0.1, 0.15) is 17.4 Å². The van der Waals surface area contributed by atoms with E-state index in [0.29, 0.717) is 23.8 Å². The van der Waals surface area contributed by atoms with Crippen molar-refractivity contribution in [1.82, 2.24) is 10.1 Å². The number of carbonyl (C=O) groups is 2. The number of rotatable bonds is 8. The average molecular weight is 407 g/mol. The Bertz CT molecular complexity index is 984. The van der Waals surface area contributed by atoms with Crippen molar-refractivity contribution in [2.45, 2.75) is 13.0 Å². The van der Waals surface area contributed by atoms with Gasteiger partial charge in [0, 0.05) is 17.4 Å². The molecule has 1 aromatic heterocycles. The van der Waals surface area contributed by atoms with Gasteiger partial charge in [0.25, 0.3) is 5.91 Å². The van der Waals surface area contributed by atoms with Crippen LogP contribution in [0.5, 0.6) is 0 Å². The monoisotopic (exact) mass is 407 g/mol. The molecular formula is C22H25N5O3. The summed E-state index contributed by atoms with van der Waals surface area (Å²) >= 11 is 0. The van der Waals surface area contributed by atoms with Crippen LogP contribution in [0.4, 0.5) is 17.2 Å². The predicted molar refractivity (Wildman–Crippen MR) is 116 cm³/mol. The van der Waals surface area contributed by atoms with Gasteiger partial charge in [-0.05, 0) is 50.8 Å². The van der Waals surface area contributed by atoms with Crippen LogP contribution in [0.3, 0.4) is 0 Å². The highest BCUT2D eigenvalue weighted by Crippen LogP contribution is 2.23. The van der Waals surface area contributed by atoms with E-state index in [-0.39, 0.29) is 11.8 Å². The van der Waals surface area contributed by atoms with Crippen molar-refractivity contribution >= 4 is 29.0 Å². The van der Waals surface area contributed by atoms with Crippen LogP contribution < -0.4 is 16.0 Å². The maximum atomic E-state index is 12.9. The van der Waals surface area contributed by atoms with Crippen LogP contribution in [0.25, 0.3) is 0 Å². The number of nitrogens with one attached hydrogen (secondary N) is 3. The Kier molecular flexibility index (Phi) is 6.82. The lowest BCUT2D eigenvalue weighted by atomic mass is 10.1. The summed E-state index contributed by atoms with van der Waals surface area (Å²) in [7, 11) is 3.67. The Morgan fingerprint density at radius 2 is 1.67 bits per heavy atom. The summed E-state index contributed by atoms with van der Waals surface area (Å²) in [6.45, 7) is 2.06. The van der Waals surface area contributed by atoms with Gasteiger partial charge in [-0.1, -0.05) is 35.5 Å². The van der Waals surface area contributed by atoms with E-state index in [2.05, 4.69) is 21.1 Å². The Hall–Kier alpha value is -3.65. The van der Waals surface area contributed by atoms with Crippen LogP contribution in [-0.2, 0) is 9.59 Å². The molecule has 156 valence electrons. The van der Waals surface area contributed by atoms with Gasteiger partial charge in [-0.2, -0.15) is 0 Å². The molecule has 0 saturated carbocycles. The first-order valence-corrected chi connectivity index (χ1v) is 9.51. The Morgan fingerprint density at radius 1 is 1.00 bits per heavy atom. The molecule has 0 spiro atoms. The second kappa shape index (κ2) is 9.71. The van der Waals surface area contributed by atoms with Crippen molar-refractivity contribution in [3.8, 4) is 0 Å². The van der Waals surface area contributed by atoms with Crippen molar-refractivity contribution in [2.24, 2.45) is 0 Å². The third-order valence-corrected chi connectivity index (χ3v) is 4.21. The van der Waals surface area contributed by atoms with E-state index in [1.165, 1.54) is 0 Å². The van der Waals surface area contributed by atoms with E-state index in [1.54, 1.807) is 30.0 Å². The largest absolute Gasteiger partial charge is 0.370 e. The zero-order chi connectivity index (χ0) is 21.5. The molecule has 3 N–H and O–H groups in total. The third-order valence-electron chi connectivity index (χ3n) is 4.21. The molecule has 0 aliphatic rings. The molecule has 8 nitrogen and oxygen atoms in total. The number of aryl methyl sites for hydroxylation is 1. The van der Waals surface area contributed by atoms with Crippen LogP contribution >= 0.6 is 0 Å². The molecular weight excluding hydrogens is 382 g/mol. The summed E-state index contributed by atoms with van der Waals surface area (Å²) in [4.78, 5) is 26.6. The molecule has 3 aromatic rings. The van der Waals surface area contributed by atoms with Gasteiger partial charge in [0.2, 0.25) is 5.91 Å². The van der Waals surface area contributed by atoms with Crippen LogP contribution in [0.15, 0.2) is 65.2 Å². The smallest absolute Gasteiger partial charge is 0.252 e. The third kappa shape index (κ3) is 5.92. The summed E-state index contributed by atoms with van der Waals surface area (Å²) in [5, 5.41) is 12.7. The number of carbonyl (C=O) groups excluding carboxylic acids is 2. The molecule has 8 heteroatoms. The van der Waals surface area contributed by atoms with Crippen LogP contribution in [0.2, 0.25) is 0 Å². The fourth-order valence-electron chi connectivity index (χ4n) is 2.87. The molecule has 1 atom stereocenters. The number of hydrogen-bond acceptors (Lipinski definition) is 6. The summed E-state index contributed by atoms with van der Waals surface area (Å²) < 4.78 is 5.02. The van der Waals surface area contributed by atoms with Crippen molar-refractivity contribution in [3.63, 3.8) is 0 Å². The molecule has 2 amide bonds. The zero-order valence-corrected chi connectivity index (χ0v) is 17.2. The minimum absolute atomic E-state index is 0.0924. The van der Waals surface area contributed by atoms with Gasteiger partial charge in [-0.3, -0.25) is 9.59 Å². The molecule has 0 bridgehead atoms. The van der Waals surface area contributed by atoms with E-state index >= 15 is 0 Å². The van der Waals surface area contributed by atoms with Gasteiger partial charge in [0.15, 0.2) is 5.82 Å². The SMILES string of the molecule is Cc1cc(NC(=O)C(Nc2ccc(NC(=O)CN(C)C)cc2)c2ccccc2)no1. The maximum absolute atomic E-state index is 12.9. The maximum Gasteiger partial charge on any atom is 0.252 e. The number of hydrogen-bond donors (Lipinski definition) is 3. The quantitative estimate of drug-likeness (QED) is 0.530. The summed E-state index contributed by atoms with van der Waals surface area (Å²) in [6.07, 6.45) is 0. The van der Waals surface area contributed by atoms with E-state index in [0.717, 1.165) is 11.3 Å². The summed E-state index contributed by atoms with van der Waals surface area (Å²) in [6, 6.07) is 17.6. The minimum Gasteiger partial charge on any atom is -0.370 e. The van der Waals surface area contributed by atoms with Gasteiger partial charge in [0.1, 0.15) is 11.8 Å². The molecule has 1 unspecified atom stereocenters. The van der Waals surface area contributed by atoms with Gasteiger partial charge >= 0.3 is 0 Å². The highest BCUT2D eigenvalue weighted by atomic mass is 16.5. The number of amides is 2. The second-order valence-corrected chi connectivity index (χ2v) is 7.16. The molecule has 30 heavy (non-hydrogen) atoms. The number of nitrogens with zero attached hydrogens (tertiary/aromatic N) is 2. The molecule has 0 aliphatic carbocycles. The van der Waals surface area contributed by atoms with Gasteiger partial charge in [-0.25, -0.2) is 0 Å². The Morgan fingerprint density at radius 3 is 2.27 bits per heavy atom. The molecule has 2 aromatic carbocycles. The first-order chi connectivity index (χ1) is 14.4. The van der Waals surface area contributed by atoms with E-state index in [4.69, 9.17) is 4.52 Å². The Balaban J connectivity index is 1.73. The standard InChI is InChI=1S/C22H25N5O3/c1-15-13-19(26-30-15)25-22(29)21(16-7-5-4-6-8-16)24-18-11-9-17(10-12-18)23-20(28)14-27(2)3/h4-13,21,24H,14H2,1-3H3,(H,23,28)(H,25,26,29). The average Bonchev–Trinajstić information content (AvgIpc) is 3.12. The molecule has 0 fully saturated rings. The fraction of sp³-hybridized carbons (Fsp3) is 0.227. The highest BCUT2D eigenvalue weighted by molar-refractivity contribution is 5.96. The minimum atomic E-state index is -0.641. The molecule has 0 saturated heterocycles. The number of benzene rings is 2. The number of likely N-dealkylation sites (N-methyl/N-ethyl adjacent to an activating group) is 1. The van der Waals surface area contributed by atoms with E-state index in [1.807, 2.05) is 56.6 Å². The van der Waals surface area contributed by atoms with Crippen molar-refractivity contribution in [1.29, 1.82) is 0 Å². The topological polar surface area (TPSA) is 99.5 Å². The molecule has 1 heterocycles. The zero-order valence-electron chi connectivity index (χ0n) is 17.2.